The van der Waals surface area contributed by atoms with E-state index in [1.54, 1.807) is 6.08 Å². The third-order valence-corrected chi connectivity index (χ3v) is 3.99. The van der Waals surface area contributed by atoms with Gasteiger partial charge in [-0.05, 0) is 42.3 Å². The molecule has 136 valence electrons. The minimum absolute atomic E-state index is 0.0260. The Labute approximate surface area is 159 Å². The molecule has 3 heteroatoms. The lowest BCUT2D eigenvalue weighted by molar-refractivity contribution is -0.112. The van der Waals surface area contributed by atoms with Gasteiger partial charge in [-0.3, -0.25) is 4.79 Å². The average molecular weight is 358 g/mol. The molecule has 0 heterocycles. The van der Waals surface area contributed by atoms with Gasteiger partial charge in [0.25, 0.3) is 0 Å². The third kappa shape index (κ3) is 5.58. The molecule has 0 aliphatic rings. The highest BCUT2D eigenvalue weighted by Crippen LogP contribution is 2.31. The lowest BCUT2D eigenvalue weighted by Crippen LogP contribution is -2.01. The molecule has 0 bridgehead atoms. The lowest BCUT2D eigenvalue weighted by atomic mass is 10.1. The summed E-state index contributed by atoms with van der Waals surface area (Å²) in [6.07, 6.45) is 3.28. The van der Waals surface area contributed by atoms with Crippen LogP contribution in [0, 0.1) is 0 Å². The lowest BCUT2D eigenvalue weighted by Gasteiger charge is -2.14. The van der Waals surface area contributed by atoms with Gasteiger partial charge in [0.2, 0.25) is 0 Å². The van der Waals surface area contributed by atoms with Crippen LogP contribution in [0.2, 0.25) is 0 Å². The summed E-state index contributed by atoms with van der Waals surface area (Å²) in [5, 5.41) is 0. The van der Waals surface area contributed by atoms with Crippen LogP contribution in [0.4, 0.5) is 0 Å². The van der Waals surface area contributed by atoms with Crippen molar-refractivity contribution < 1.29 is 14.3 Å². The first-order valence-corrected chi connectivity index (χ1v) is 8.87. The largest absolute Gasteiger partial charge is 0.488 e. The first-order chi connectivity index (χ1) is 13.2. The maximum Gasteiger partial charge on any atom is 0.152 e. The van der Waals surface area contributed by atoms with Crippen LogP contribution < -0.4 is 9.47 Å². The summed E-state index contributed by atoms with van der Waals surface area (Å²) in [7, 11) is 0. The van der Waals surface area contributed by atoms with Gasteiger partial charge in [0, 0.05) is 0 Å². The zero-order valence-corrected chi connectivity index (χ0v) is 15.3. The molecule has 0 saturated carbocycles. The molecule has 0 aromatic heterocycles. The van der Waals surface area contributed by atoms with E-state index in [1.807, 2.05) is 78.9 Å². The molecule has 3 rings (SSSR count). The van der Waals surface area contributed by atoms with Gasteiger partial charge in [-0.25, -0.2) is 0 Å². The van der Waals surface area contributed by atoms with Crippen molar-refractivity contribution in [2.24, 2.45) is 0 Å². The van der Waals surface area contributed by atoms with Gasteiger partial charge in [-0.2, -0.15) is 0 Å². The molecule has 0 radical (unpaired) electrons. The molecule has 0 amide bonds. The Morgan fingerprint density at radius 3 is 1.67 bits per heavy atom. The van der Waals surface area contributed by atoms with Crippen LogP contribution in [0.1, 0.15) is 23.6 Å². The minimum Gasteiger partial charge on any atom is -0.488 e. The van der Waals surface area contributed by atoms with E-state index in [2.05, 4.69) is 0 Å². The maximum atomic E-state index is 11.4. The Balaban J connectivity index is 1.82. The number of ether oxygens (including phenoxy) is 2. The van der Waals surface area contributed by atoms with Crippen molar-refractivity contribution in [1.82, 2.24) is 0 Å². The second-order valence-corrected chi connectivity index (χ2v) is 6.16. The van der Waals surface area contributed by atoms with Crippen molar-refractivity contribution in [3.63, 3.8) is 0 Å². The monoisotopic (exact) mass is 358 g/mol. The molecule has 0 atom stereocenters. The fraction of sp³-hybridized carbons (Fsp3) is 0.125. The van der Waals surface area contributed by atoms with E-state index in [0.29, 0.717) is 24.7 Å². The predicted molar refractivity (Wildman–Crippen MR) is 108 cm³/mol. The third-order valence-electron chi connectivity index (χ3n) is 3.99. The number of carbonyl (C=O) groups is 1. The van der Waals surface area contributed by atoms with Crippen LogP contribution in [0.25, 0.3) is 6.08 Å². The van der Waals surface area contributed by atoms with Crippen molar-refractivity contribution in [1.29, 1.82) is 0 Å². The Bertz CT molecular complexity index is 838. The molecule has 0 saturated heterocycles. The summed E-state index contributed by atoms with van der Waals surface area (Å²) in [5.41, 5.74) is 2.92. The topological polar surface area (TPSA) is 35.5 Å². The number of hydrogen-bond donors (Lipinski definition) is 0. The van der Waals surface area contributed by atoms with Gasteiger partial charge in [0.1, 0.15) is 24.7 Å². The van der Waals surface area contributed by atoms with Gasteiger partial charge in [0.15, 0.2) is 5.78 Å². The normalized spacial score (nSPS) is 10.7. The summed E-state index contributed by atoms with van der Waals surface area (Å²) in [4.78, 5) is 11.4. The molecule has 0 aliphatic carbocycles. The highest BCUT2D eigenvalue weighted by atomic mass is 16.5. The second-order valence-electron chi connectivity index (χ2n) is 6.16. The number of benzene rings is 3. The summed E-state index contributed by atoms with van der Waals surface area (Å²) < 4.78 is 12.0. The van der Waals surface area contributed by atoms with Crippen molar-refractivity contribution >= 4 is 11.9 Å². The molecule has 0 unspecified atom stereocenters. The Hall–Kier alpha value is -3.33. The minimum atomic E-state index is -0.0260. The smallest absolute Gasteiger partial charge is 0.152 e. The predicted octanol–water partition coefficient (Wildman–Crippen LogP) is 5.45. The number of ketones is 1. The molecular formula is C24H22O3. The van der Waals surface area contributed by atoms with E-state index in [-0.39, 0.29) is 5.78 Å². The number of rotatable bonds is 8. The molecule has 0 spiro atoms. The van der Waals surface area contributed by atoms with Gasteiger partial charge >= 0.3 is 0 Å². The van der Waals surface area contributed by atoms with Gasteiger partial charge in [-0.1, -0.05) is 66.7 Å². The fourth-order valence-electron chi connectivity index (χ4n) is 2.61. The highest BCUT2D eigenvalue weighted by molar-refractivity contribution is 5.92. The average Bonchev–Trinajstić information content (AvgIpc) is 2.71. The van der Waals surface area contributed by atoms with E-state index >= 15 is 0 Å². The first kappa shape index (κ1) is 18.5. The van der Waals surface area contributed by atoms with E-state index in [9.17, 15) is 4.79 Å². The molecular weight excluding hydrogens is 336 g/mol. The van der Waals surface area contributed by atoms with Gasteiger partial charge in [0.05, 0.1) is 5.56 Å². The summed E-state index contributed by atoms with van der Waals surface area (Å²) >= 11 is 0. The van der Waals surface area contributed by atoms with Crippen LogP contribution in [0.3, 0.4) is 0 Å². The van der Waals surface area contributed by atoms with Crippen LogP contribution >= 0.6 is 0 Å². The van der Waals surface area contributed by atoms with E-state index in [1.165, 1.54) is 13.0 Å². The SMILES string of the molecule is CC(=O)/C=C/c1c(OCc2ccccc2)cccc1OCc1ccccc1. The zero-order chi connectivity index (χ0) is 18.9. The molecule has 0 N–H and O–H groups in total. The van der Waals surface area contributed by atoms with Crippen LogP contribution in [0.5, 0.6) is 11.5 Å². The van der Waals surface area contributed by atoms with Gasteiger partial charge < -0.3 is 9.47 Å². The molecule has 3 nitrogen and oxygen atoms in total. The summed E-state index contributed by atoms with van der Waals surface area (Å²) in [6.45, 7) is 2.42. The van der Waals surface area contributed by atoms with E-state index in [0.717, 1.165) is 16.7 Å². The maximum absolute atomic E-state index is 11.4. The summed E-state index contributed by atoms with van der Waals surface area (Å²) in [6, 6.07) is 25.6. The quantitative estimate of drug-likeness (QED) is 0.503. The van der Waals surface area contributed by atoms with Crippen molar-refractivity contribution in [3.05, 3.63) is 102 Å². The standard InChI is InChI=1S/C24H22O3/c1-19(25)15-16-22-23(26-17-20-9-4-2-5-10-20)13-8-14-24(22)27-18-21-11-6-3-7-12-21/h2-16H,17-18H2,1H3/b16-15+. The Morgan fingerprint density at radius 2 is 1.22 bits per heavy atom. The number of hydrogen-bond acceptors (Lipinski definition) is 3. The van der Waals surface area contributed by atoms with Crippen molar-refractivity contribution in [3.8, 4) is 11.5 Å². The highest BCUT2D eigenvalue weighted by Gasteiger charge is 2.09. The first-order valence-electron chi connectivity index (χ1n) is 8.87. The number of carbonyl (C=O) groups excluding carboxylic acids is 1. The van der Waals surface area contributed by atoms with E-state index in [4.69, 9.17) is 9.47 Å². The second kappa shape index (κ2) is 9.39. The number of allylic oxidation sites excluding steroid dienone is 1. The zero-order valence-electron chi connectivity index (χ0n) is 15.3. The van der Waals surface area contributed by atoms with E-state index < -0.39 is 0 Å². The van der Waals surface area contributed by atoms with Crippen LogP contribution in [0.15, 0.2) is 84.9 Å². The molecule has 27 heavy (non-hydrogen) atoms. The molecule has 0 aliphatic heterocycles. The molecule has 0 fully saturated rings. The molecule has 3 aromatic carbocycles. The van der Waals surface area contributed by atoms with Crippen LogP contribution in [-0.2, 0) is 18.0 Å². The summed E-state index contributed by atoms with van der Waals surface area (Å²) in [5.74, 6) is 1.34. The fourth-order valence-corrected chi connectivity index (χ4v) is 2.61. The Morgan fingerprint density at radius 1 is 0.741 bits per heavy atom. The van der Waals surface area contributed by atoms with Crippen molar-refractivity contribution in [2.45, 2.75) is 20.1 Å². The van der Waals surface area contributed by atoms with Crippen molar-refractivity contribution in [2.75, 3.05) is 0 Å². The van der Waals surface area contributed by atoms with Crippen LogP contribution in [-0.4, -0.2) is 5.78 Å². The Kier molecular flexibility index (Phi) is 6.42. The van der Waals surface area contributed by atoms with Gasteiger partial charge in [-0.15, -0.1) is 0 Å². The molecule has 3 aromatic rings.